The molecule has 3 rings (SSSR count). The zero-order valence-electron chi connectivity index (χ0n) is 15.5. The predicted octanol–water partition coefficient (Wildman–Crippen LogP) is 3.37. The summed E-state index contributed by atoms with van der Waals surface area (Å²) in [5, 5.41) is 3.58. The van der Waals surface area contributed by atoms with Gasteiger partial charge in [-0.05, 0) is 48.7 Å². The number of aryl methyl sites for hydroxylation is 1. The third-order valence-electron chi connectivity index (χ3n) is 4.83. The van der Waals surface area contributed by atoms with E-state index >= 15 is 0 Å². The highest BCUT2D eigenvalue weighted by atomic mass is 35.5. The maximum atomic E-state index is 12.5. The number of ether oxygens (including phenoxy) is 1. The van der Waals surface area contributed by atoms with Crippen LogP contribution < -0.4 is 15.0 Å². The molecule has 0 aromatic heterocycles. The first-order valence-corrected chi connectivity index (χ1v) is 9.33. The minimum Gasteiger partial charge on any atom is -0.496 e. The quantitative estimate of drug-likeness (QED) is 0.828. The van der Waals surface area contributed by atoms with Crippen molar-refractivity contribution in [2.45, 2.75) is 19.8 Å². The first kappa shape index (κ1) is 19.2. The van der Waals surface area contributed by atoms with E-state index in [2.05, 4.69) is 5.32 Å². The minimum absolute atomic E-state index is 0.0368. The van der Waals surface area contributed by atoms with Crippen molar-refractivity contribution in [1.82, 2.24) is 5.32 Å². The summed E-state index contributed by atoms with van der Waals surface area (Å²) in [4.78, 5) is 26.6. The van der Waals surface area contributed by atoms with E-state index in [9.17, 15) is 9.59 Å². The van der Waals surface area contributed by atoms with Crippen LogP contribution in [0.2, 0.25) is 5.02 Å². The van der Waals surface area contributed by atoms with Gasteiger partial charge in [0, 0.05) is 30.2 Å². The summed E-state index contributed by atoms with van der Waals surface area (Å²) >= 11 is 5.99. The summed E-state index contributed by atoms with van der Waals surface area (Å²) in [6, 6.07) is 13.2. The van der Waals surface area contributed by atoms with Crippen LogP contribution in [0.4, 0.5) is 5.69 Å². The zero-order chi connectivity index (χ0) is 19.4. The summed E-state index contributed by atoms with van der Waals surface area (Å²) in [6.45, 7) is 2.81. The molecule has 0 saturated carbocycles. The molecule has 1 aliphatic heterocycles. The fourth-order valence-electron chi connectivity index (χ4n) is 3.41. The molecule has 142 valence electrons. The maximum absolute atomic E-state index is 12.5. The molecule has 5 nitrogen and oxygen atoms in total. The highest BCUT2D eigenvalue weighted by Crippen LogP contribution is 2.29. The van der Waals surface area contributed by atoms with E-state index in [-0.39, 0.29) is 24.2 Å². The molecule has 0 spiro atoms. The van der Waals surface area contributed by atoms with Crippen LogP contribution in [0.1, 0.15) is 17.5 Å². The average Bonchev–Trinajstić information content (AvgIpc) is 3.03. The Morgan fingerprint density at radius 3 is 2.81 bits per heavy atom. The summed E-state index contributed by atoms with van der Waals surface area (Å²) in [5.41, 5.74) is 2.78. The molecule has 1 atom stereocenters. The number of nitrogens with zero attached hydrogens (tertiary/aromatic N) is 1. The van der Waals surface area contributed by atoms with Crippen molar-refractivity contribution in [1.29, 1.82) is 0 Å². The maximum Gasteiger partial charge on any atom is 0.227 e. The molecule has 1 N–H and O–H groups in total. The number of hydrogen-bond donors (Lipinski definition) is 1. The van der Waals surface area contributed by atoms with Gasteiger partial charge in [-0.1, -0.05) is 29.8 Å². The summed E-state index contributed by atoms with van der Waals surface area (Å²) < 4.78 is 5.33. The Balaban J connectivity index is 1.57. The van der Waals surface area contributed by atoms with Gasteiger partial charge in [0.25, 0.3) is 0 Å². The van der Waals surface area contributed by atoms with Crippen LogP contribution in [0.15, 0.2) is 42.5 Å². The second-order valence-electron chi connectivity index (χ2n) is 6.69. The number of rotatable bonds is 6. The molecule has 6 heteroatoms. The van der Waals surface area contributed by atoms with Gasteiger partial charge in [-0.3, -0.25) is 9.59 Å². The highest BCUT2D eigenvalue weighted by molar-refractivity contribution is 6.30. The predicted molar refractivity (Wildman–Crippen MR) is 106 cm³/mol. The Labute approximate surface area is 164 Å². The summed E-state index contributed by atoms with van der Waals surface area (Å²) in [6.07, 6.45) is 0.902. The SMILES string of the molecule is COc1ccccc1CCNC(=O)C1CC(=O)N(c2ccc(Cl)cc2C)C1. The van der Waals surface area contributed by atoms with E-state index in [4.69, 9.17) is 16.3 Å². The Hall–Kier alpha value is -2.53. The van der Waals surface area contributed by atoms with Gasteiger partial charge < -0.3 is 15.0 Å². The lowest BCUT2D eigenvalue weighted by molar-refractivity contribution is -0.126. The Morgan fingerprint density at radius 1 is 1.30 bits per heavy atom. The Kier molecular flexibility index (Phi) is 6.01. The van der Waals surface area contributed by atoms with Crippen molar-refractivity contribution in [2.75, 3.05) is 25.1 Å². The van der Waals surface area contributed by atoms with E-state index in [1.165, 1.54) is 0 Å². The minimum atomic E-state index is -0.342. The van der Waals surface area contributed by atoms with Crippen LogP contribution in [-0.2, 0) is 16.0 Å². The molecule has 1 unspecified atom stereocenters. The lowest BCUT2D eigenvalue weighted by atomic mass is 10.1. The van der Waals surface area contributed by atoms with Crippen molar-refractivity contribution >= 4 is 29.1 Å². The molecule has 2 amide bonds. The van der Waals surface area contributed by atoms with Gasteiger partial charge >= 0.3 is 0 Å². The smallest absolute Gasteiger partial charge is 0.227 e. The van der Waals surface area contributed by atoms with Crippen LogP contribution in [0, 0.1) is 12.8 Å². The largest absolute Gasteiger partial charge is 0.496 e. The van der Waals surface area contributed by atoms with Gasteiger partial charge in [0.1, 0.15) is 5.75 Å². The lowest BCUT2D eigenvalue weighted by Crippen LogP contribution is -2.34. The van der Waals surface area contributed by atoms with Gasteiger partial charge in [-0.2, -0.15) is 0 Å². The summed E-state index contributed by atoms with van der Waals surface area (Å²) in [7, 11) is 1.63. The Morgan fingerprint density at radius 2 is 2.07 bits per heavy atom. The molecule has 0 bridgehead atoms. The van der Waals surface area contributed by atoms with Gasteiger partial charge in [-0.25, -0.2) is 0 Å². The topological polar surface area (TPSA) is 58.6 Å². The molecule has 27 heavy (non-hydrogen) atoms. The number of carbonyl (C=O) groups is 2. The van der Waals surface area contributed by atoms with Gasteiger partial charge in [0.15, 0.2) is 0 Å². The van der Waals surface area contributed by atoms with E-state index in [1.807, 2.05) is 43.3 Å². The average molecular weight is 387 g/mol. The van der Waals surface area contributed by atoms with Gasteiger partial charge in [-0.15, -0.1) is 0 Å². The fraction of sp³-hybridized carbons (Fsp3) is 0.333. The molecule has 0 radical (unpaired) electrons. The zero-order valence-corrected chi connectivity index (χ0v) is 16.3. The molecule has 2 aromatic carbocycles. The standard InChI is InChI=1S/C21H23ClN2O3/c1-14-11-17(22)7-8-18(14)24-13-16(12-20(24)25)21(26)23-10-9-15-5-3-4-6-19(15)27-2/h3-8,11,16H,9-10,12-13H2,1-2H3,(H,23,26). The van der Waals surface area contributed by atoms with E-state index in [1.54, 1.807) is 18.1 Å². The lowest BCUT2D eigenvalue weighted by Gasteiger charge is -2.19. The molecule has 0 aliphatic carbocycles. The van der Waals surface area contributed by atoms with Crippen molar-refractivity contribution in [3.05, 3.63) is 58.6 Å². The molecular formula is C21H23ClN2O3. The third-order valence-corrected chi connectivity index (χ3v) is 5.07. The Bertz CT molecular complexity index is 853. The normalized spacial score (nSPS) is 16.5. The molecular weight excluding hydrogens is 364 g/mol. The number of para-hydroxylation sites is 1. The van der Waals surface area contributed by atoms with Crippen molar-refractivity contribution in [3.63, 3.8) is 0 Å². The number of nitrogens with one attached hydrogen (secondary N) is 1. The third kappa shape index (κ3) is 4.42. The van der Waals surface area contributed by atoms with Crippen LogP contribution in [-0.4, -0.2) is 32.0 Å². The second kappa shape index (κ2) is 8.44. The number of anilines is 1. The van der Waals surface area contributed by atoms with Crippen molar-refractivity contribution in [2.24, 2.45) is 5.92 Å². The number of methoxy groups -OCH3 is 1. The molecule has 1 heterocycles. The number of carbonyl (C=O) groups excluding carboxylic acids is 2. The second-order valence-corrected chi connectivity index (χ2v) is 7.13. The van der Waals surface area contributed by atoms with E-state index in [0.29, 0.717) is 24.5 Å². The molecule has 1 saturated heterocycles. The number of amides is 2. The fourth-order valence-corrected chi connectivity index (χ4v) is 3.64. The number of hydrogen-bond acceptors (Lipinski definition) is 3. The van der Waals surface area contributed by atoms with Gasteiger partial charge in [0.2, 0.25) is 11.8 Å². The van der Waals surface area contributed by atoms with Crippen molar-refractivity contribution < 1.29 is 14.3 Å². The van der Waals surface area contributed by atoms with E-state index in [0.717, 1.165) is 22.6 Å². The van der Waals surface area contributed by atoms with Crippen molar-refractivity contribution in [3.8, 4) is 5.75 Å². The number of benzene rings is 2. The first-order valence-electron chi connectivity index (χ1n) is 8.95. The molecule has 1 fully saturated rings. The van der Waals surface area contributed by atoms with Crippen LogP contribution in [0.5, 0.6) is 5.75 Å². The van der Waals surface area contributed by atoms with Crippen LogP contribution in [0.3, 0.4) is 0 Å². The molecule has 2 aromatic rings. The van der Waals surface area contributed by atoms with E-state index < -0.39 is 0 Å². The first-order chi connectivity index (χ1) is 13.0. The van der Waals surface area contributed by atoms with Crippen LogP contribution in [0.25, 0.3) is 0 Å². The molecule has 1 aliphatic rings. The number of halogens is 1. The highest BCUT2D eigenvalue weighted by Gasteiger charge is 2.35. The monoisotopic (exact) mass is 386 g/mol. The summed E-state index contributed by atoms with van der Waals surface area (Å²) in [5.74, 6) is 0.343. The van der Waals surface area contributed by atoms with Gasteiger partial charge in [0.05, 0.1) is 13.0 Å². The van der Waals surface area contributed by atoms with Crippen LogP contribution >= 0.6 is 11.6 Å².